The number of rotatable bonds is 5. The minimum absolute atomic E-state index is 0.00448. The fourth-order valence-electron chi connectivity index (χ4n) is 2.88. The molecule has 24 heavy (non-hydrogen) atoms. The molecular formula is C18H22FN3O2. The standard InChI is InChI=1S/C18H22FN3O2/c1-12(2)9-20-18(23)14-7-8-24-17(14)13-10-21-22(11-13)16-6-4-3-5-15(16)19/h3-6,10-12,14,17H,7-9H2,1-2H3,(H,20,23)/t14-,17+/m0/s1. The third kappa shape index (κ3) is 3.48. The lowest BCUT2D eigenvalue weighted by Gasteiger charge is -2.17. The van der Waals surface area contributed by atoms with E-state index in [1.54, 1.807) is 30.6 Å². The van der Waals surface area contributed by atoms with Crippen LogP contribution in [0.2, 0.25) is 0 Å². The molecule has 6 heteroatoms. The molecule has 2 aromatic rings. The molecule has 128 valence electrons. The lowest BCUT2D eigenvalue weighted by Crippen LogP contribution is -2.34. The number of nitrogens with one attached hydrogen (secondary N) is 1. The van der Waals surface area contributed by atoms with Gasteiger partial charge in [0.05, 0.1) is 18.2 Å². The first kappa shape index (κ1) is 16.6. The van der Waals surface area contributed by atoms with Crippen LogP contribution in [0.15, 0.2) is 36.7 Å². The van der Waals surface area contributed by atoms with Gasteiger partial charge < -0.3 is 10.1 Å². The average molecular weight is 331 g/mol. The number of amides is 1. The average Bonchev–Trinajstić information content (AvgIpc) is 3.21. The number of hydrogen-bond donors (Lipinski definition) is 1. The maximum atomic E-state index is 13.9. The van der Waals surface area contributed by atoms with E-state index in [4.69, 9.17) is 4.74 Å². The Morgan fingerprint density at radius 3 is 3.00 bits per heavy atom. The van der Waals surface area contributed by atoms with Crippen LogP contribution in [0.3, 0.4) is 0 Å². The summed E-state index contributed by atoms with van der Waals surface area (Å²) in [6.45, 7) is 5.30. The molecule has 5 nitrogen and oxygen atoms in total. The van der Waals surface area contributed by atoms with Gasteiger partial charge in [0, 0.05) is 24.9 Å². The summed E-state index contributed by atoms with van der Waals surface area (Å²) in [6.07, 6.45) is 3.72. The third-order valence-corrected chi connectivity index (χ3v) is 4.14. The highest BCUT2D eigenvalue weighted by molar-refractivity contribution is 5.79. The van der Waals surface area contributed by atoms with Crippen LogP contribution in [0.1, 0.15) is 31.9 Å². The maximum Gasteiger partial charge on any atom is 0.226 e. The highest BCUT2D eigenvalue weighted by Gasteiger charge is 2.36. The normalized spacial score (nSPS) is 20.5. The molecule has 0 radical (unpaired) electrons. The van der Waals surface area contributed by atoms with E-state index >= 15 is 0 Å². The van der Waals surface area contributed by atoms with Crippen LogP contribution in [0, 0.1) is 17.7 Å². The van der Waals surface area contributed by atoms with Crippen molar-refractivity contribution in [2.75, 3.05) is 13.2 Å². The number of para-hydroxylation sites is 1. The Kier molecular flexibility index (Phi) is 4.94. The number of hydrogen-bond acceptors (Lipinski definition) is 3. The third-order valence-electron chi connectivity index (χ3n) is 4.14. The van der Waals surface area contributed by atoms with E-state index in [0.29, 0.717) is 31.2 Å². The number of carbonyl (C=O) groups is 1. The highest BCUT2D eigenvalue weighted by Crippen LogP contribution is 2.34. The smallest absolute Gasteiger partial charge is 0.226 e. The molecule has 1 aromatic heterocycles. The summed E-state index contributed by atoms with van der Waals surface area (Å²) < 4.78 is 21.1. The van der Waals surface area contributed by atoms with E-state index in [9.17, 15) is 9.18 Å². The van der Waals surface area contributed by atoms with Crippen molar-refractivity contribution in [3.8, 4) is 5.69 Å². The van der Waals surface area contributed by atoms with E-state index < -0.39 is 0 Å². The Morgan fingerprint density at radius 1 is 1.46 bits per heavy atom. The van der Waals surface area contributed by atoms with Crippen molar-refractivity contribution >= 4 is 5.91 Å². The van der Waals surface area contributed by atoms with Gasteiger partial charge in [-0.3, -0.25) is 4.79 Å². The van der Waals surface area contributed by atoms with Gasteiger partial charge in [-0.05, 0) is 24.5 Å². The van der Waals surface area contributed by atoms with Crippen molar-refractivity contribution < 1.29 is 13.9 Å². The number of benzene rings is 1. The number of aromatic nitrogens is 2. The van der Waals surface area contributed by atoms with Crippen molar-refractivity contribution in [1.82, 2.24) is 15.1 Å². The van der Waals surface area contributed by atoms with E-state index in [1.165, 1.54) is 10.7 Å². The monoisotopic (exact) mass is 331 g/mol. The first-order valence-electron chi connectivity index (χ1n) is 8.25. The zero-order valence-electron chi connectivity index (χ0n) is 13.9. The van der Waals surface area contributed by atoms with Gasteiger partial charge in [0.2, 0.25) is 5.91 Å². The summed E-state index contributed by atoms with van der Waals surface area (Å²) in [4.78, 5) is 12.4. The molecule has 0 bridgehead atoms. The molecule has 1 saturated heterocycles. The number of ether oxygens (including phenoxy) is 1. The molecule has 1 aliphatic rings. The summed E-state index contributed by atoms with van der Waals surface area (Å²) in [5, 5.41) is 7.19. The van der Waals surface area contributed by atoms with Crippen molar-refractivity contribution in [1.29, 1.82) is 0 Å². The molecule has 0 saturated carbocycles. The van der Waals surface area contributed by atoms with Gasteiger partial charge >= 0.3 is 0 Å². The Bertz CT molecular complexity index is 714. The SMILES string of the molecule is CC(C)CNC(=O)[C@H]1CCO[C@@H]1c1cnn(-c2ccccc2F)c1. The van der Waals surface area contributed by atoms with Crippen molar-refractivity contribution in [2.45, 2.75) is 26.4 Å². The minimum Gasteiger partial charge on any atom is -0.373 e. The van der Waals surface area contributed by atoms with Crippen LogP contribution < -0.4 is 5.32 Å². The van der Waals surface area contributed by atoms with Crippen LogP contribution in [-0.4, -0.2) is 28.8 Å². The lowest BCUT2D eigenvalue weighted by molar-refractivity contribution is -0.126. The molecule has 3 rings (SSSR count). The van der Waals surface area contributed by atoms with Gasteiger partial charge in [-0.15, -0.1) is 0 Å². The summed E-state index contributed by atoms with van der Waals surface area (Å²) in [5.41, 5.74) is 1.17. The second-order valence-electron chi connectivity index (χ2n) is 6.50. The molecule has 2 heterocycles. The molecule has 1 aromatic carbocycles. The first-order valence-corrected chi connectivity index (χ1v) is 8.25. The zero-order valence-corrected chi connectivity index (χ0v) is 13.9. The molecule has 1 aliphatic heterocycles. The van der Waals surface area contributed by atoms with Crippen LogP contribution in [-0.2, 0) is 9.53 Å². The Morgan fingerprint density at radius 2 is 2.25 bits per heavy atom. The van der Waals surface area contributed by atoms with Gasteiger partial charge in [0.25, 0.3) is 0 Å². The Hall–Kier alpha value is -2.21. The largest absolute Gasteiger partial charge is 0.373 e. The molecular weight excluding hydrogens is 309 g/mol. The molecule has 1 fully saturated rings. The van der Waals surface area contributed by atoms with Gasteiger partial charge in [-0.25, -0.2) is 9.07 Å². The van der Waals surface area contributed by atoms with E-state index in [1.807, 2.05) is 0 Å². The molecule has 1 N–H and O–H groups in total. The van der Waals surface area contributed by atoms with Crippen LogP contribution in [0.5, 0.6) is 0 Å². The number of nitrogens with zero attached hydrogens (tertiary/aromatic N) is 2. The van der Waals surface area contributed by atoms with Gasteiger partial charge in [-0.2, -0.15) is 5.10 Å². The Labute approximate surface area is 140 Å². The highest BCUT2D eigenvalue weighted by atomic mass is 19.1. The van der Waals surface area contributed by atoms with Crippen molar-refractivity contribution in [2.24, 2.45) is 11.8 Å². The second-order valence-corrected chi connectivity index (χ2v) is 6.50. The maximum absolute atomic E-state index is 13.9. The summed E-state index contributed by atoms with van der Waals surface area (Å²) in [6, 6.07) is 6.45. The van der Waals surface area contributed by atoms with E-state index in [2.05, 4.69) is 24.3 Å². The predicted octanol–water partition coefficient (Wildman–Crippen LogP) is 2.86. The fraction of sp³-hybridized carbons (Fsp3) is 0.444. The van der Waals surface area contributed by atoms with Gasteiger partial charge in [0.1, 0.15) is 11.5 Å². The van der Waals surface area contributed by atoms with E-state index in [0.717, 1.165) is 5.56 Å². The van der Waals surface area contributed by atoms with Gasteiger partial charge in [-0.1, -0.05) is 26.0 Å². The number of halogens is 1. The van der Waals surface area contributed by atoms with Gasteiger partial charge in [0.15, 0.2) is 0 Å². The molecule has 0 unspecified atom stereocenters. The topological polar surface area (TPSA) is 56.1 Å². The van der Waals surface area contributed by atoms with Crippen LogP contribution >= 0.6 is 0 Å². The quantitative estimate of drug-likeness (QED) is 0.916. The zero-order chi connectivity index (χ0) is 17.1. The molecule has 2 atom stereocenters. The predicted molar refractivity (Wildman–Crippen MR) is 88.2 cm³/mol. The first-order chi connectivity index (χ1) is 11.6. The molecule has 0 spiro atoms. The summed E-state index contributed by atoms with van der Waals surface area (Å²) in [7, 11) is 0. The number of carbonyl (C=O) groups excluding carboxylic acids is 1. The van der Waals surface area contributed by atoms with E-state index in [-0.39, 0.29) is 23.7 Å². The second kappa shape index (κ2) is 7.13. The molecule has 0 aliphatic carbocycles. The lowest BCUT2D eigenvalue weighted by atomic mass is 9.96. The van der Waals surface area contributed by atoms with Crippen molar-refractivity contribution in [3.63, 3.8) is 0 Å². The van der Waals surface area contributed by atoms with Crippen LogP contribution in [0.25, 0.3) is 5.69 Å². The fourth-order valence-corrected chi connectivity index (χ4v) is 2.88. The summed E-state index contributed by atoms with van der Waals surface area (Å²) >= 11 is 0. The minimum atomic E-state index is -0.342. The molecule has 1 amide bonds. The summed E-state index contributed by atoms with van der Waals surface area (Å²) in [5.74, 6) is -0.170. The Balaban J connectivity index is 1.76. The van der Waals surface area contributed by atoms with Crippen molar-refractivity contribution in [3.05, 3.63) is 48.0 Å². The van der Waals surface area contributed by atoms with Crippen LogP contribution in [0.4, 0.5) is 4.39 Å².